The molecule has 0 saturated heterocycles. The molecule has 1 heterocycles. The second-order valence-electron chi connectivity index (χ2n) is 2.06. The predicted molar refractivity (Wildman–Crippen MR) is 35.3 cm³/mol. The summed E-state index contributed by atoms with van der Waals surface area (Å²) in [7, 11) is 0. The van der Waals surface area contributed by atoms with E-state index in [0.29, 0.717) is 20.4 Å². The molecule has 1 nitrogen and oxygen atoms in total. The average molecular weight is 174 g/mol. The van der Waals surface area contributed by atoms with Gasteiger partial charge in [0.2, 0.25) is 0 Å². The Bertz CT molecular complexity index is 144. The molecule has 1 aromatic heterocycles. The van der Waals surface area contributed by atoms with Gasteiger partial charge in [-0.05, 0) is 0 Å². The molecule has 0 aromatic carbocycles. The molecule has 44 valence electrons. The molecule has 0 spiro atoms. The first kappa shape index (κ1) is 6.06. The number of hydrogen-bond donors (Lipinski definition) is 0. The molecule has 0 aliphatic heterocycles. The van der Waals surface area contributed by atoms with E-state index in [0.717, 1.165) is 0 Å². The van der Waals surface area contributed by atoms with Crippen molar-refractivity contribution in [2.45, 2.75) is 19.8 Å². The summed E-state index contributed by atoms with van der Waals surface area (Å²) in [5.74, 6) is 0.706. The fraction of sp³-hybridized carbons (Fsp3) is 0.500. The van der Waals surface area contributed by atoms with Crippen LogP contribution < -0.4 is 0 Å². The van der Waals surface area contributed by atoms with Crippen LogP contribution in [0.25, 0.3) is 0 Å². The maximum atomic E-state index is 4.03. The van der Waals surface area contributed by atoms with Crippen LogP contribution in [0.1, 0.15) is 24.2 Å². The molecule has 0 amide bonds. The van der Waals surface area contributed by atoms with E-state index in [1.807, 2.05) is 11.3 Å². The molecule has 0 saturated carbocycles. The van der Waals surface area contributed by atoms with Crippen LogP contribution in [0.4, 0.5) is 0 Å². The van der Waals surface area contributed by atoms with Gasteiger partial charge in [0.15, 0.2) is 0 Å². The molecule has 1 rings (SSSR count). The van der Waals surface area contributed by atoms with Crippen LogP contribution in [0.5, 0.6) is 0 Å². The quantitative estimate of drug-likeness (QED) is 0.584. The van der Waals surface area contributed by atoms with E-state index < -0.39 is 0 Å². The van der Waals surface area contributed by atoms with Crippen molar-refractivity contribution in [3.05, 3.63) is 15.7 Å². The fourth-order valence-corrected chi connectivity index (χ4v) is 1.85. The Morgan fingerprint density at radius 3 is 2.62 bits per heavy atom. The molecule has 0 N–H and O–H groups in total. The van der Waals surface area contributed by atoms with Gasteiger partial charge < -0.3 is 0 Å². The van der Waals surface area contributed by atoms with E-state index in [-0.39, 0.29) is 0 Å². The Labute approximate surface area is 55.5 Å². The Kier molecular flexibility index (Phi) is 1.87. The Morgan fingerprint density at radius 2 is 2.38 bits per heavy atom. The molecule has 8 heavy (non-hydrogen) atoms. The normalized spacial score (nSPS) is 10.4. The van der Waals surface area contributed by atoms with E-state index in [9.17, 15) is 0 Å². The van der Waals surface area contributed by atoms with Gasteiger partial charge in [-0.1, -0.05) is 0 Å². The summed E-state index contributed by atoms with van der Waals surface area (Å²) in [5, 5.41) is 2.02. The fourth-order valence-electron chi connectivity index (χ4n) is 0.511. The summed E-state index contributed by atoms with van der Waals surface area (Å²) >= 11 is 0.578. The summed E-state index contributed by atoms with van der Waals surface area (Å²) in [5.41, 5.74) is 0. The van der Waals surface area contributed by atoms with E-state index in [4.69, 9.17) is 0 Å². The van der Waals surface area contributed by atoms with Crippen LogP contribution in [0.3, 0.4) is 0 Å². The SMILES string of the molecule is CC(C)c1cnc[se]1. The van der Waals surface area contributed by atoms with Gasteiger partial charge in [0, 0.05) is 0 Å². The summed E-state index contributed by atoms with van der Waals surface area (Å²) in [6.45, 7) is 4.42. The van der Waals surface area contributed by atoms with E-state index in [1.165, 1.54) is 4.44 Å². The van der Waals surface area contributed by atoms with E-state index in [1.54, 1.807) is 0 Å². The topological polar surface area (TPSA) is 12.9 Å². The summed E-state index contributed by atoms with van der Waals surface area (Å²) < 4.78 is 1.51. The van der Waals surface area contributed by atoms with Gasteiger partial charge >= 0.3 is 55.0 Å². The zero-order valence-corrected chi connectivity index (χ0v) is 6.80. The van der Waals surface area contributed by atoms with Crippen molar-refractivity contribution in [3.8, 4) is 0 Å². The predicted octanol–water partition coefficient (Wildman–Crippen LogP) is 1.26. The van der Waals surface area contributed by atoms with Crippen LogP contribution >= 0.6 is 0 Å². The van der Waals surface area contributed by atoms with Crippen molar-refractivity contribution in [1.82, 2.24) is 4.98 Å². The molecule has 2 heteroatoms. The van der Waals surface area contributed by atoms with Gasteiger partial charge in [-0.25, -0.2) is 0 Å². The van der Waals surface area contributed by atoms with Crippen LogP contribution in [0.2, 0.25) is 0 Å². The molecule has 0 bridgehead atoms. The molecule has 0 atom stereocenters. The molecular weight excluding hydrogens is 165 g/mol. The van der Waals surface area contributed by atoms with Crippen molar-refractivity contribution >= 4 is 14.5 Å². The summed E-state index contributed by atoms with van der Waals surface area (Å²) in [6.07, 6.45) is 1.99. The Hall–Kier alpha value is -0.0705. The van der Waals surface area contributed by atoms with Crippen LogP contribution in [0.15, 0.2) is 11.3 Å². The van der Waals surface area contributed by atoms with Gasteiger partial charge in [-0.15, -0.1) is 0 Å². The number of aromatic nitrogens is 1. The number of rotatable bonds is 1. The van der Waals surface area contributed by atoms with Crippen molar-refractivity contribution in [2.24, 2.45) is 0 Å². The second-order valence-corrected chi connectivity index (χ2v) is 3.98. The monoisotopic (exact) mass is 175 g/mol. The Balaban J connectivity index is 2.77. The van der Waals surface area contributed by atoms with Crippen molar-refractivity contribution < 1.29 is 0 Å². The summed E-state index contributed by atoms with van der Waals surface area (Å²) in [4.78, 5) is 4.03. The van der Waals surface area contributed by atoms with Crippen molar-refractivity contribution in [3.63, 3.8) is 0 Å². The molecule has 1 aromatic rings. The molecule has 0 aliphatic rings. The Morgan fingerprint density at radius 1 is 1.62 bits per heavy atom. The standard InChI is InChI=1S/C6H9NSe/c1-5(2)6-3-7-4-8-6/h3-5H,1-2H3. The van der Waals surface area contributed by atoms with Crippen LogP contribution in [-0.4, -0.2) is 19.5 Å². The molecule has 0 fully saturated rings. The van der Waals surface area contributed by atoms with Crippen molar-refractivity contribution in [2.75, 3.05) is 0 Å². The number of hydrogen-bond acceptors (Lipinski definition) is 1. The summed E-state index contributed by atoms with van der Waals surface area (Å²) in [6, 6.07) is 0. The maximum absolute atomic E-state index is 4.03. The van der Waals surface area contributed by atoms with Gasteiger partial charge in [0.25, 0.3) is 0 Å². The first-order chi connectivity index (χ1) is 3.80. The number of nitrogens with zero attached hydrogens (tertiary/aromatic N) is 1. The van der Waals surface area contributed by atoms with Gasteiger partial charge in [0.1, 0.15) is 0 Å². The average Bonchev–Trinajstić information content (AvgIpc) is 2.12. The van der Waals surface area contributed by atoms with Crippen molar-refractivity contribution in [1.29, 1.82) is 0 Å². The van der Waals surface area contributed by atoms with Crippen LogP contribution in [0, 0.1) is 0 Å². The van der Waals surface area contributed by atoms with Crippen LogP contribution in [-0.2, 0) is 0 Å². The molecule has 0 aliphatic carbocycles. The zero-order chi connectivity index (χ0) is 5.98. The zero-order valence-electron chi connectivity index (χ0n) is 5.09. The third kappa shape index (κ3) is 1.21. The third-order valence-corrected chi connectivity index (χ3v) is 3.28. The first-order valence-corrected chi connectivity index (χ1v) is 4.53. The first-order valence-electron chi connectivity index (χ1n) is 2.69. The van der Waals surface area contributed by atoms with Gasteiger partial charge in [0.05, 0.1) is 0 Å². The molecule has 0 radical (unpaired) electrons. The van der Waals surface area contributed by atoms with E-state index >= 15 is 0 Å². The van der Waals surface area contributed by atoms with Gasteiger partial charge in [-0.3, -0.25) is 0 Å². The van der Waals surface area contributed by atoms with E-state index in [2.05, 4.69) is 18.8 Å². The molecule has 0 unspecified atom stereocenters. The second kappa shape index (κ2) is 2.47. The minimum absolute atomic E-state index is 0.578. The minimum atomic E-state index is 0.578. The van der Waals surface area contributed by atoms with Gasteiger partial charge in [-0.2, -0.15) is 0 Å². The molecular formula is C6H9NSe. The third-order valence-electron chi connectivity index (χ3n) is 1.02.